The number of hydrogen-bond donors (Lipinski definition) is 0. The van der Waals surface area contributed by atoms with Crippen LogP contribution in [0.1, 0.15) is 61.6 Å². The van der Waals surface area contributed by atoms with E-state index < -0.39 is 0 Å². The van der Waals surface area contributed by atoms with Crippen LogP contribution in [-0.2, 0) is 11.2 Å². The standard InChI is InChI=1S/C21H26O/c1-14-3-6-17-15(13-14)4-7-19-18(17)9-11-21(2)16(10-12-22)5-8-20(19)21/h3,6,10,13,16,18-20H,4-5,7-9,11H2,1-2H3. The summed E-state index contributed by atoms with van der Waals surface area (Å²) in [6.45, 7) is 4.65. The van der Waals surface area contributed by atoms with E-state index in [2.05, 4.69) is 38.0 Å². The molecule has 4 rings (SSSR count). The average molecular weight is 294 g/mol. The van der Waals surface area contributed by atoms with Crippen LogP contribution in [0, 0.1) is 30.1 Å². The maximum absolute atomic E-state index is 10.9. The third kappa shape index (κ3) is 1.95. The van der Waals surface area contributed by atoms with Crippen LogP contribution in [0.4, 0.5) is 0 Å². The van der Waals surface area contributed by atoms with E-state index in [1.165, 1.54) is 44.1 Å². The van der Waals surface area contributed by atoms with Gasteiger partial charge in [-0.1, -0.05) is 30.7 Å². The van der Waals surface area contributed by atoms with Gasteiger partial charge in [0.15, 0.2) is 0 Å². The summed E-state index contributed by atoms with van der Waals surface area (Å²) < 4.78 is 0. The second kappa shape index (κ2) is 5.10. The Morgan fingerprint density at radius 3 is 2.91 bits per heavy atom. The van der Waals surface area contributed by atoms with E-state index in [4.69, 9.17) is 0 Å². The summed E-state index contributed by atoms with van der Waals surface area (Å²) in [5, 5.41) is 0. The highest BCUT2D eigenvalue weighted by Crippen LogP contribution is 2.63. The quantitative estimate of drug-likeness (QED) is 0.676. The number of rotatable bonds is 1. The summed E-state index contributed by atoms with van der Waals surface area (Å²) in [6.07, 6.45) is 9.51. The molecule has 116 valence electrons. The smallest absolute Gasteiger partial charge is 0.120 e. The van der Waals surface area contributed by atoms with Crippen molar-refractivity contribution >= 4 is 5.94 Å². The van der Waals surface area contributed by atoms with Crippen molar-refractivity contribution in [3.63, 3.8) is 0 Å². The first-order valence-electron chi connectivity index (χ1n) is 8.94. The number of carbonyl (C=O) groups excluding carboxylic acids is 1. The highest BCUT2D eigenvalue weighted by Gasteiger charge is 2.54. The van der Waals surface area contributed by atoms with E-state index in [0.29, 0.717) is 11.3 Å². The van der Waals surface area contributed by atoms with Gasteiger partial charge in [0, 0.05) is 6.08 Å². The molecule has 0 aromatic heterocycles. The average Bonchev–Trinajstić information content (AvgIpc) is 2.84. The Hall–Kier alpha value is -1.33. The largest absolute Gasteiger partial charge is 0.234 e. The van der Waals surface area contributed by atoms with Crippen molar-refractivity contribution in [3.8, 4) is 0 Å². The van der Waals surface area contributed by atoms with Gasteiger partial charge in [0.25, 0.3) is 0 Å². The molecule has 5 unspecified atom stereocenters. The number of aryl methyl sites for hydroxylation is 2. The monoisotopic (exact) mass is 294 g/mol. The van der Waals surface area contributed by atoms with E-state index in [9.17, 15) is 4.79 Å². The molecule has 1 aromatic carbocycles. The molecule has 22 heavy (non-hydrogen) atoms. The number of allylic oxidation sites excluding steroid dienone is 1. The molecule has 2 saturated carbocycles. The van der Waals surface area contributed by atoms with Crippen molar-refractivity contribution < 1.29 is 4.79 Å². The Bertz CT molecular complexity index is 639. The highest BCUT2D eigenvalue weighted by atomic mass is 16.1. The van der Waals surface area contributed by atoms with Crippen molar-refractivity contribution in [2.45, 2.75) is 58.3 Å². The molecule has 1 nitrogen and oxygen atoms in total. The van der Waals surface area contributed by atoms with Crippen molar-refractivity contribution in [3.05, 3.63) is 41.0 Å². The normalized spacial score (nSPS) is 39.4. The molecule has 3 aliphatic rings. The van der Waals surface area contributed by atoms with E-state index in [1.807, 2.05) is 6.08 Å². The molecule has 0 spiro atoms. The van der Waals surface area contributed by atoms with Gasteiger partial charge >= 0.3 is 0 Å². The van der Waals surface area contributed by atoms with Crippen LogP contribution in [0.5, 0.6) is 0 Å². The fraction of sp³-hybridized carbons (Fsp3) is 0.619. The van der Waals surface area contributed by atoms with Crippen LogP contribution in [0.25, 0.3) is 0 Å². The first kappa shape index (κ1) is 14.3. The lowest BCUT2D eigenvalue weighted by Crippen LogP contribution is -2.42. The topological polar surface area (TPSA) is 17.1 Å². The van der Waals surface area contributed by atoms with Crippen molar-refractivity contribution in [2.75, 3.05) is 0 Å². The molecule has 0 N–H and O–H groups in total. The molecule has 0 bridgehead atoms. The third-order valence-electron chi connectivity index (χ3n) is 7.22. The number of hydrogen-bond acceptors (Lipinski definition) is 1. The molecule has 5 atom stereocenters. The van der Waals surface area contributed by atoms with Crippen LogP contribution < -0.4 is 0 Å². The lowest BCUT2D eigenvalue weighted by molar-refractivity contribution is 0.0412. The van der Waals surface area contributed by atoms with Crippen molar-refractivity contribution in [1.29, 1.82) is 0 Å². The van der Waals surface area contributed by atoms with Gasteiger partial charge in [-0.2, -0.15) is 0 Å². The van der Waals surface area contributed by atoms with E-state index in [1.54, 1.807) is 11.1 Å². The summed E-state index contributed by atoms with van der Waals surface area (Å²) in [5.41, 5.74) is 4.99. The number of benzene rings is 1. The van der Waals surface area contributed by atoms with Gasteiger partial charge in [-0.15, -0.1) is 0 Å². The minimum absolute atomic E-state index is 0.348. The molecule has 0 radical (unpaired) electrons. The molecule has 1 heteroatoms. The minimum Gasteiger partial charge on any atom is -0.234 e. The molecule has 0 amide bonds. The van der Waals surface area contributed by atoms with Crippen molar-refractivity contribution in [1.82, 2.24) is 0 Å². The molecule has 2 fully saturated rings. The van der Waals surface area contributed by atoms with E-state index >= 15 is 0 Å². The lowest BCUT2D eigenvalue weighted by Gasteiger charge is -2.50. The second-order valence-corrected chi connectivity index (χ2v) is 8.13. The molecule has 0 aliphatic heterocycles. The Labute approximate surface area is 133 Å². The van der Waals surface area contributed by atoms with Crippen LogP contribution in [-0.4, -0.2) is 5.94 Å². The van der Waals surface area contributed by atoms with Gasteiger partial charge < -0.3 is 0 Å². The van der Waals surface area contributed by atoms with Crippen LogP contribution in [0.3, 0.4) is 0 Å². The fourth-order valence-electron chi connectivity index (χ4n) is 6.11. The van der Waals surface area contributed by atoms with Crippen LogP contribution in [0.15, 0.2) is 24.3 Å². The molecule has 3 aliphatic carbocycles. The Morgan fingerprint density at radius 1 is 1.23 bits per heavy atom. The molecular weight excluding hydrogens is 268 g/mol. The molecule has 1 aromatic rings. The van der Waals surface area contributed by atoms with Crippen LogP contribution in [0.2, 0.25) is 0 Å². The summed E-state index contributed by atoms with van der Waals surface area (Å²) in [4.78, 5) is 10.9. The van der Waals surface area contributed by atoms with Gasteiger partial charge in [-0.25, -0.2) is 4.79 Å². The van der Waals surface area contributed by atoms with E-state index in [-0.39, 0.29) is 0 Å². The third-order valence-corrected chi connectivity index (χ3v) is 7.22. The zero-order chi connectivity index (χ0) is 15.3. The molecule has 0 saturated heterocycles. The maximum atomic E-state index is 10.9. The van der Waals surface area contributed by atoms with Gasteiger partial charge in [-0.3, -0.25) is 0 Å². The second-order valence-electron chi connectivity index (χ2n) is 8.13. The van der Waals surface area contributed by atoms with Gasteiger partial charge in [0.2, 0.25) is 0 Å². The first-order valence-corrected chi connectivity index (χ1v) is 8.94. The SMILES string of the molecule is Cc1ccc2c(c1)CCC1C2CCC2(C)C(C=C=O)CCC12. The minimum atomic E-state index is 0.348. The van der Waals surface area contributed by atoms with Crippen molar-refractivity contribution in [2.24, 2.45) is 23.2 Å². The first-order chi connectivity index (χ1) is 10.6. The summed E-state index contributed by atoms with van der Waals surface area (Å²) in [5.74, 6) is 4.95. The fourth-order valence-corrected chi connectivity index (χ4v) is 6.11. The number of fused-ring (bicyclic) bond motifs is 5. The zero-order valence-electron chi connectivity index (χ0n) is 13.8. The predicted octanol–water partition coefficient (Wildman–Crippen LogP) is 4.86. The summed E-state index contributed by atoms with van der Waals surface area (Å²) >= 11 is 0. The zero-order valence-corrected chi connectivity index (χ0v) is 13.8. The summed E-state index contributed by atoms with van der Waals surface area (Å²) in [6, 6.07) is 7.11. The Kier molecular flexibility index (Phi) is 3.31. The maximum Gasteiger partial charge on any atom is 0.120 e. The molecule has 0 heterocycles. The van der Waals surface area contributed by atoms with Crippen LogP contribution >= 0.6 is 0 Å². The van der Waals surface area contributed by atoms with Gasteiger partial charge in [-0.05, 0) is 85.7 Å². The highest BCUT2D eigenvalue weighted by molar-refractivity contribution is 5.46. The Morgan fingerprint density at radius 2 is 2.09 bits per heavy atom. The Balaban J connectivity index is 1.68. The predicted molar refractivity (Wildman–Crippen MR) is 89.5 cm³/mol. The van der Waals surface area contributed by atoms with Gasteiger partial charge in [0.05, 0.1) is 0 Å². The van der Waals surface area contributed by atoms with Gasteiger partial charge in [0.1, 0.15) is 5.94 Å². The van der Waals surface area contributed by atoms with E-state index in [0.717, 1.165) is 17.8 Å². The summed E-state index contributed by atoms with van der Waals surface area (Å²) in [7, 11) is 0. The molecular formula is C21H26O. The lowest BCUT2D eigenvalue weighted by atomic mass is 9.54.